The molecule has 2 rings (SSSR count). The molecule has 1 fully saturated rings. The number of benzene rings is 1. The number of hydrogen-bond acceptors (Lipinski definition) is 4. The van der Waals surface area contributed by atoms with Gasteiger partial charge >= 0.3 is 6.61 Å². The molecule has 0 saturated carbocycles. The van der Waals surface area contributed by atoms with Crippen molar-refractivity contribution in [3.8, 4) is 11.5 Å². The molecular weight excluding hydrogens is 481 g/mol. The van der Waals surface area contributed by atoms with Crippen LogP contribution in [0.25, 0.3) is 0 Å². The minimum absolute atomic E-state index is 0. The number of aliphatic imine (C=N–C) groups is 1. The van der Waals surface area contributed by atoms with Crippen LogP contribution >= 0.6 is 24.0 Å². The molecule has 1 atom stereocenters. The molecule has 1 aromatic carbocycles. The first-order valence-corrected chi connectivity index (χ1v) is 9.34. The van der Waals surface area contributed by atoms with E-state index in [0.717, 1.165) is 19.6 Å². The van der Waals surface area contributed by atoms with Crippen molar-refractivity contribution < 1.29 is 18.3 Å². The van der Waals surface area contributed by atoms with E-state index in [9.17, 15) is 8.78 Å². The number of likely N-dealkylation sites (tertiary alicyclic amines) is 1. The molecule has 1 aliphatic heterocycles. The summed E-state index contributed by atoms with van der Waals surface area (Å²) < 4.78 is 35.0. The Balaban J connectivity index is 0.00000392. The highest BCUT2D eigenvalue weighted by Crippen LogP contribution is 2.25. The molecule has 1 heterocycles. The van der Waals surface area contributed by atoms with E-state index in [0.29, 0.717) is 29.7 Å². The molecule has 0 radical (unpaired) electrons. The second-order valence-corrected chi connectivity index (χ2v) is 6.56. The van der Waals surface area contributed by atoms with E-state index in [4.69, 9.17) is 4.74 Å². The van der Waals surface area contributed by atoms with Crippen LogP contribution in [0.5, 0.6) is 11.5 Å². The van der Waals surface area contributed by atoms with E-state index >= 15 is 0 Å². The van der Waals surface area contributed by atoms with Crippen molar-refractivity contribution in [2.45, 2.75) is 32.9 Å². The van der Waals surface area contributed by atoms with Crippen LogP contribution in [0.1, 0.15) is 25.3 Å². The Labute approximate surface area is 183 Å². The van der Waals surface area contributed by atoms with Gasteiger partial charge in [-0.25, -0.2) is 0 Å². The van der Waals surface area contributed by atoms with Crippen molar-refractivity contribution in [2.24, 2.45) is 10.9 Å². The number of nitrogens with zero attached hydrogens (tertiary/aromatic N) is 2. The van der Waals surface area contributed by atoms with Crippen LogP contribution in [-0.2, 0) is 6.54 Å². The summed E-state index contributed by atoms with van der Waals surface area (Å²) >= 11 is 0. The highest BCUT2D eigenvalue weighted by atomic mass is 127. The lowest BCUT2D eigenvalue weighted by atomic mass is 9.98. The molecule has 1 saturated heterocycles. The van der Waals surface area contributed by atoms with Crippen LogP contribution in [-0.4, -0.2) is 57.8 Å². The van der Waals surface area contributed by atoms with Crippen LogP contribution < -0.4 is 20.1 Å². The van der Waals surface area contributed by atoms with Crippen LogP contribution in [0, 0.1) is 5.92 Å². The molecule has 0 aliphatic carbocycles. The summed E-state index contributed by atoms with van der Waals surface area (Å²) in [5.41, 5.74) is 0.576. The number of piperidine rings is 1. The van der Waals surface area contributed by atoms with Gasteiger partial charge in [0.05, 0.1) is 7.11 Å². The maximum absolute atomic E-state index is 12.6. The Hall–Kier alpha value is -1.36. The summed E-state index contributed by atoms with van der Waals surface area (Å²) in [7, 11) is 3.22. The Morgan fingerprint density at radius 2 is 2.14 bits per heavy atom. The van der Waals surface area contributed by atoms with Crippen LogP contribution in [0.4, 0.5) is 8.78 Å². The zero-order chi connectivity index (χ0) is 19.6. The van der Waals surface area contributed by atoms with Gasteiger partial charge in [0.15, 0.2) is 5.96 Å². The van der Waals surface area contributed by atoms with Gasteiger partial charge < -0.3 is 25.0 Å². The van der Waals surface area contributed by atoms with Gasteiger partial charge in [-0.15, -0.1) is 24.0 Å². The number of methoxy groups -OCH3 is 1. The summed E-state index contributed by atoms with van der Waals surface area (Å²) in [5.74, 6) is 1.92. The summed E-state index contributed by atoms with van der Waals surface area (Å²) in [6, 6.07) is 4.76. The van der Waals surface area contributed by atoms with E-state index in [1.807, 2.05) is 0 Å². The van der Waals surface area contributed by atoms with Gasteiger partial charge in [0.1, 0.15) is 11.5 Å². The Bertz CT molecular complexity index is 620. The molecule has 1 aromatic rings. The average molecular weight is 512 g/mol. The Kier molecular flexibility index (Phi) is 11.4. The fourth-order valence-corrected chi connectivity index (χ4v) is 3.28. The third-order valence-corrected chi connectivity index (χ3v) is 4.76. The van der Waals surface area contributed by atoms with Gasteiger partial charge in [0, 0.05) is 32.2 Å². The van der Waals surface area contributed by atoms with Crippen molar-refractivity contribution in [1.29, 1.82) is 0 Å². The first-order valence-electron chi connectivity index (χ1n) is 9.34. The summed E-state index contributed by atoms with van der Waals surface area (Å²) in [6.07, 6.45) is 2.41. The van der Waals surface area contributed by atoms with Crippen LogP contribution in [0.2, 0.25) is 0 Å². The largest absolute Gasteiger partial charge is 0.497 e. The molecule has 28 heavy (non-hydrogen) atoms. The van der Waals surface area contributed by atoms with Crippen molar-refractivity contribution in [2.75, 3.05) is 40.3 Å². The zero-order valence-electron chi connectivity index (χ0n) is 16.7. The maximum Gasteiger partial charge on any atom is 0.387 e. The molecule has 0 bridgehead atoms. The first-order chi connectivity index (χ1) is 13.0. The molecular formula is C19H31F2IN4O2. The molecule has 0 aromatic heterocycles. The Morgan fingerprint density at radius 1 is 1.36 bits per heavy atom. The number of guanidine groups is 1. The normalized spacial score (nSPS) is 17.8. The molecule has 9 heteroatoms. The summed E-state index contributed by atoms with van der Waals surface area (Å²) in [5, 5.41) is 6.50. The van der Waals surface area contributed by atoms with Gasteiger partial charge in [0.2, 0.25) is 0 Å². The number of rotatable bonds is 8. The SMILES string of the molecule is CCN1CCCC(CNC(=NC)NCc2cc(OC)ccc2OC(F)F)C1.I. The van der Waals surface area contributed by atoms with Gasteiger partial charge in [0.25, 0.3) is 0 Å². The predicted molar refractivity (Wildman–Crippen MR) is 118 cm³/mol. The molecule has 160 valence electrons. The second-order valence-electron chi connectivity index (χ2n) is 6.56. The van der Waals surface area contributed by atoms with E-state index < -0.39 is 6.61 Å². The van der Waals surface area contributed by atoms with Crippen molar-refractivity contribution in [3.05, 3.63) is 23.8 Å². The van der Waals surface area contributed by atoms with E-state index in [2.05, 4.69) is 32.2 Å². The quantitative estimate of drug-likeness (QED) is 0.318. The number of nitrogens with one attached hydrogen (secondary N) is 2. The summed E-state index contributed by atoms with van der Waals surface area (Å²) in [4.78, 5) is 6.68. The third-order valence-electron chi connectivity index (χ3n) is 4.76. The van der Waals surface area contributed by atoms with Crippen molar-refractivity contribution >= 4 is 29.9 Å². The van der Waals surface area contributed by atoms with Crippen molar-refractivity contribution in [1.82, 2.24) is 15.5 Å². The minimum atomic E-state index is -2.87. The molecule has 1 unspecified atom stereocenters. The van der Waals surface area contributed by atoms with E-state index in [-0.39, 0.29) is 29.7 Å². The molecule has 0 spiro atoms. The van der Waals surface area contributed by atoms with E-state index in [1.165, 1.54) is 32.6 Å². The molecule has 0 amide bonds. The first kappa shape index (κ1) is 24.7. The molecule has 1 aliphatic rings. The highest BCUT2D eigenvalue weighted by Gasteiger charge is 2.19. The number of halogens is 3. The van der Waals surface area contributed by atoms with E-state index in [1.54, 1.807) is 19.2 Å². The fourth-order valence-electron chi connectivity index (χ4n) is 3.28. The number of hydrogen-bond donors (Lipinski definition) is 2. The number of ether oxygens (including phenoxy) is 2. The zero-order valence-corrected chi connectivity index (χ0v) is 19.0. The second kappa shape index (κ2) is 13.0. The van der Waals surface area contributed by atoms with Gasteiger partial charge in [-0.05, 0) is 50.0 Å². The lowest BCUT2D eigenvalue weighted by Gasteiger charge is -2.32. The minimum Gasteiger partial charge on any atom is -0.497 e. The standard InChI is InChI=1S/C19H30F2N4O2.HI/c1-4-25-9-5-6-14(13-25)11-23-19(22-2)24-12-15-10-16(26-3)7-8-17(15)27-18(20)21;/h7-8,10,14,18H,4-6,9,11-13H2,1-3H3,(H2,22,23,24);1H. The topological polar surface area (TPSA) is 58.1 Å². The van der Waals surface area contributed by atoms with Gasteiger partial charge in [-0.3, -0.25) is 4.99 Å². The number of alkyl halides is 2. The third kappa shape index (κ3) is 7.94. The average Bonchev–Trinajstić information content (AvgIpc) is 2.68. The maximum atomic E-state index is 12.6. The fraction of sp³-hybridized carbons (Fsp3) is 0.632. The predicted octanol–water partition coefficient (Wildman–Crippen LogP) is 3.31. The molecule has 2 N–H and O–H groups in total. The molecule has 6 nitrogen and oxygen atoms in total. The van der Waals surface area contributed by atoms with Crippen LogP contribution in [0.3, 0.4) is 0 Å². The van der Waals surface area contributed by atoms with Gasteiger partial charge in [-0.2, -0.15) is 8.78 Å². The monoisotopic (exact) mass is 512 g/mol. The lowest BCUT2D eigenvalue weighted by molar-refractivity contribution is -0.0504. The Morgan fingerprint density at radius 3 is 2.79 bits per heavy atom. The van der Waals surface area contributed by atoms with Crippen molar-refractivity contribution in [3.63, 3.8) is 0 Å². The summed E-state index contributed by atoms with van der Waals surface area (Å²) in [6.45, 7) is 3.77. The lowest BCUT2D eigenvalue weighted by Crippen LogP contribution is -2.44. The van der Waals surface area contributed by atoms with Gasteiger partial charge in [-0.1, -0.05) is 6.92 Å². The highest BCUT2D eigenvalue weighted by molar-refractivity contribution is 14.0. The van der Waals surface area contributed by atoms with Crippen LogP contribution in [0.15, 0.2) is 23.2 Å². The smallest absolute Gasteiger partial charge is 0.387 e.